The molecule has 3 atom stereocenters. The lowest BCUT2D eigenvalue weighted by Gasteiger charge is -2.34. The molecule has 2 heterocycles. The third-order valence-corrected chi connectivity index (χ3v) is 5.68. The Kier molecular flexibility index (Phi) is 4.28. The van der Waals surface area contributed by atoms with Crippen LogP contribution in [0.15, 0.2) is 17.8 Å². The maximum absolute atomic E-state index is 14.1. The third-order valence-electron chi connectivity index (χ3n) is 5.68. The van der Waals surface area contributed by atoms with Gasteiger partial charge in [-0.1, -0.05) is 0 Å². The fourth-order valence-electron chi connectivity index (χ4n) is 4.16. The minimum absolute atomic E-state index is 0.0234. The van der Waals surface area contributed by atoms with Gasteiger partial charge in [0.05, 0.1) is 11.4 Å². The molecule has 1 aromatic heterocycles. The van der Waals surface area contributed by atoms with Crippen molar-refractivity contribution in [3.63, 3.8) is 0 Å². The summed E-state index contributed by atoms with van der Waals surface area (Å²) >= 11 is 0. The molecular weight excluding hydrogens is 322 g/mol. The number of alkyl halides is 1. The lowest BCUT2D eigenvalue weighted by molar-refractivity contribution is 0.0291. The zero-order valence-electron chi connectivity index (χ0n) is 15.1. The summed E-state index contributed by atoms with van der Waals surface area (Å²) in [6, 6.07) is 2.24. The van der Waals surface area contributed by atoms with Crippen molar-refractivity contribution in [3.8, 4) is 0 Å². The van der Waals surface area contributed by atoms with Crippen molar-refractivity contribution in [2.24, 2.45) is 0 Å². The van der Waals surface area contributed by atoms with E-state index in [0.29, 0.717) is 24.6 Å². The highest BCUT2D eigenvalue weighted by Crippen LogP contribution is 2.42. The first-order chi connectivity index (χ1) is 12.0. The molecule has 4 nitrogen and oxygen atoms in total. The summed E-state index contributed by atoms with van der Waals surface area (Å²) in [5.41, 5.74) is 3.44. The van der Waals surface area contributed by atoms with E-state index in [9.17, 15) is 8.78 Å². The van der Waals surface area contributed by atoms with E-state index in [1.165, 1.54) is 0 Å². The molecule has 2 fully saturated rings. The number of halogens is 2. The Labute approximate surface area is 147 Å². The molecule has 1 unspecified atom stereocenters. The van der Waals surface area contributed by atoms with Crippen molar-refractivity contribution in [2.45, 2.75) is 70.4 Å². The SMILES string of the molecule is CC1=C(c2cnc(C)c(F)c2)N(C2CC2)N(C)C1N[C@H]1CC[C@@H](F)C1. The molecule has 0 bridgehead atoms. The molecular formula is C19H26F2N4. The van der Waals surface area contributed by atoms with E-state index in [4.69, 9.17) is 0 Å². The molecule has 1 aromatic rings. The highest BCUT2D eigenvalue weighted by Gasteiger charge is 2.43. The predicted octanol–water partition coefficient (Wildman–Crippen LogP) is 3.39. The number of pyridine rings is 1. The number of nitrogens with one attached hydrogen (secondary N) is 1. The van der Waals surface area contributed by atoms with E-state index < -0.39 is 6.17 Å². The lowest BCUT2D eigenvalue weighted by Crippen LogP contribution is -2.50. The van der Waals surface area contributed by atoms with E-state index in [0.717, 1.165) is 36.1 Å². The Bertz CT molecular complexity index is 701. The smallest absolute Gasteiger partial charge is 0.145 e. The maximum Gasteiger partial charge on any atom is 0.145 e. The molecule has 4 rings (SSSR count). The molecule has 0 amide bonds. The average Bonchev–Trinajstić information content (AvgIpc) is 3.28. The molecule has 2 saturated carbocycles. The molecule has 0 aromatic carbocycles. The summed E-state index contributed by atoms with van der Waals surface area (Å²) in [5, 5.41) is 8.10. The van der Waals surface area contributed by atoms with Gasteiger partial charge >= 0.3 is 0 Å². The van der Waals surface area contributed by atoms with Crippen LogP contribution in [0.2, 0.25) is 0 Å². The first kappa shape index (κ1) is 16.9. The summed E-state index contributed by atoms with van der Waals surface area (Å²) < 4.78 is 27.6. The maximum atomic E-state index is 14.1. The van der Waals surface area contributed by atoms with Crippen LogP contribution in [-0.4, -0.2) is 46.5 Å². The quantitative estimate of drug-likeness (QED) is 0.904. The van der Waals surface area contributed by atoms with Crippen LogP contribution in [0.5, 0.6) is 0 Å². The average molecular weight is 348 g/mol. The highest BCUT2D eigenvalue weighted by molar-refractivity contribution is 5.69. The summed E-state index contributed by atoms with van der Waals surface area (Å²) in [6.45, 7) is 3.77. The van der Waals surface area contributed by atoms with E-state index in [1.807, 2.05) is 0 Å². The molecule has 136 valence electrons. The van der Waals surface area contributed by atoms with Gasteiger partial charge in [-0.3, -0.25) is 10.3 Å². The van der Waals surface area contributed by atoms with Crippen LogP contribution in [0.25, 0.3) is 5.70 Å². The fraction of sp³-hybridized carbons (Fsp3) is 0.632. The monoisotopic (exact) mass is 348 g/mol. The zero-order chi connectivity index (χ0) is 17.7. The van der Waals surface area contributed by atoms with Gasteiger partial charge in [-0.25, -0.2) is 13.8 Å². The van der Waals surface area contributed by atoms with Gasteiger partial charge in [0.25, 0.3) is 0 Å². The zero-order valence-corrected chi connectivity index (χ0v) is 15.1. The summed E-state index contributed by atoms with van der Waals surface area (Å²) in [5.74, 6) is -0.274. The molecule has 6 heteroatoms. The minimum atomic E-state index is -0.692. The second-order valence-corrected chi connectivity index (χ2v) is 7.65. The van der Waals surface area contributed by atoms with Gasteiger partial charge in [0.15, 0.2) is 0 Å². The van der Waals surface area contributed by atoms with Crippen LogP contribution in [-0.2, 0) is 0 Å². The minimum Gasteiger partial charge on any atom is -0.301 e. The molecule has 0 saturated heterocycles. The van der Waals surface area contributed by atoms with Crippen molar-refractivity contribution in [1.29, 1.82) is 0 Å². The van der Waals surface area contributed by atoms with Gasteiger partial charge in [-0.15, -0.1) is 0 Å². The second-order valence-electron chi connectivity index (χ2n) is 7.65. The topological polar surface area (TPSA) is 31.4 Å². The Morgan fingerprint density at radius 2 is 1.96 bits per heavy atom. The van der Waals surface area contributed by atoms with Crippen LogP contribution in [0, 0.1) is 12.7 Å². The van der Waals surface area contributed by atoms with Crippen LogP contribution < -0.4 is 5.32 Å². The van der Waals surface area contributed by atoms with Gasteiger partial charge in [0, 0.05) is 30.9 Å². The molecule has 0 spiro atoms. The molecule has 25 heavy (non-hydrogen) atoms. The van der Waals surface area contributed by atoms with E-state index in [1.54, 1.807) is 19.2 Å². The lowest BCUT2D eigenvalue weighted by atomic mass is 10.1. The number of hydrogen-bond donors (Lipinski definition) is 1. The first-order valence-electron chi connectivity index (χ1n) is 9.21. The summed E-state index contributed by atoms with van der Waals surface area (Å²) in [4.78, 5) is 4.21. The standard InChI is InChI=1S/C19H26F2N4/c1-11-18(13-8-17(21)12(2)22-10-13)25(16-6-7-16)24(3)19(11)23-15-5-4-14(20)9-15/h8,10,14-16,19,23H,4-7,9H2,1-3H3/t14-,15+,19?/m1/s1. The van der Waals surface area contributed by atoms with E-state index in [2.05, 4.69) is 34.3 Å². The Morgan fingerprint density at radius 1 is 1.20 bits per heavy atom. The largest absolute Gasteiger partial charge is 0.301 e. The van der Waals surface area contributed by atoms with Gasteiger partial charge in [0.1, 0.15) is 18.2 Å². The van der Waals surface area contributed by atoms with Crippen LogP contribution in [0.3, 0.4) is 0 Å². The first-order valence-corrected chi connectivity index (χ1v) is 9.21. The number of nitrogens with zero attached hydrogens (tertiary/aromatic N) is 3. The van der Waals surface area contributed by atoms with Crippen molar-refractivity contribution in [3.05, 3.63) is 34.9 Å². The highest BCUT2D eigenvalue weighted by atomic mass is 19.1. The molecule has 2 aliphatic carbocycles. The number of hydrazine groups is 1. The van der Waals surface area contributed by atoms with Crippen LogP contribution in [0.4, 0.5) is 8.78 Å². The second kappa shape index (κ2) is 6.32. The Morgan fingerprint density at radius 3 is 2.56 bits per heavy atom. The predicted molar refractivity (Wildman–Crippen MR) is 93.6 cm³/mol. The van der Waals surface area contributed by atoms with Gasteiger partial charge in [-0.05, 0) is 57.6 Å². The number of likely N-dealkylation sites (N-methyl/N-ethyl adjacent to an activating group) is 1. The van der Waals surface area contributed by atoms with Gasteiger partial charge in [-0.2, -0.15) is 0 Å². The summed E-state index contributed by atoms with van der Waals surface area (Å²) in [6.07, 6.45) is 5.48. The number of aromatic nitrogens is 1. The fourth-order valence-corrected chi connectivity index (χ4v) is 4.16. The third kappa shape index (κ3) is 3.06. The van der Waals surface area contributed by atoms with Gasteiger partial charge < -0.3 is 5.01 Å². The van der Waals surface area contributed by atoms with Crippen LogP contribution in [0.1, 0.15) is 50.3 Å². The number of aryl methyl sites for hydroxylation is 1. The number of rotatable bonds is 4. The van der Waals surface area contributed by atoms with E-state index >= 15 is 0 Å². The van der Waals surface area contributed by atoms with Crippen molar-refractivity contribution in [2.75, 3.05) is 7.05 Å². The van der Waals surface area contributed by atoms with Crippen molar-refractivity contribution in [1.82, 2.24) is 20.3 Å². The number of hydrogen-bond acceptors (Lipinski definition) is 4. The molecule has 3 aliphatic rings. The molecule has 1 aliphatic heterocycles. The van der Waals surface area contributed by atoms with E-state index in [-0.39, 0.29) is 18.0 Å². The van der Waals surface area contributed by atoms with Crippen LogP contribution >= 0.6 is 0 Å². The summed E-state index contributed by atoms with van der Waals surface area (Å²) in [7, 11) is 2.06. The molecule has 0 radical (unpaired) electrons. The molecule has 1 N–H and O–H groups in total. The Hall–Kier alpha value is -1.53. The van der Waals surface area contributed by atoms with Crippen molar-refractivity contribution >= 4 is 5.70 Å². The van der Waals surface area contributed by atoms with Gasteiger partial charge in [0.2, 0.25) is 0 Å². The Balaban J connectivity index is 1.66. The normalized spacial score (nSPS) is 30.6. The van der Waals surface area contributed by atoms with Crippen molar-refractivity contribution < 1.29 is 8.78 Å².